The summed E-state index contributed by atoms with van der Waals surface area (Å²) in [4.78, 5) is 34.1. The minimum absolute atomic E-state index is 0.0359. The van der Waals surface area contributed by atoms with Gasteiger partial charge >= 0.3 is 0 Å². The van der Waals surface area contributed by atoms with Gasteiger partial charge in [0.05, 0.1) is 18.3 Å². The standard InChI is InChI=1S/C40H70N4O5/c1-24-32-20-30(40(32,3)4)21-33(24)43-39(47)36-35(25(2)45)34(22-41)49-44(36)23-29-15-10-16-31(37(29)48-5)27-13-9-14-28(19-27)38(46)42-18-17-26-11-7-6-8-12-26/h24-37,45H,6-23,41H2,1-5H3,(H,42,46)(H,43,47)/t24-,25-,27?,28?,29?,30?,31?,32-,33-,34-,35+,36-,37?/m0/s1. The molecule has 0 radical (unpaired) electrons. The SMILES string of the molecule is COC1C(CN2O[C@@H](CN)[C@@H]([C@H](C)O)[C@H]2C(=O)N[C@H]2CC3C[C@@H]([C@@H]2C)C3(C)C)CCCC1C1CCCC(C(=O)NCCC2CCCCC2)C1. The third-order valence-corrected chi connectivity index (χ3v) is 15.1. The molecule has 2 bridgehead atoms. The highest BCUT2D eigenvalue weighted by Crippen LogP contribution is 2.61. The zero-order chi connectivity index (χ0) is 34.9. The Balaban J connectivity index is 1.09. The van der Waals surface area contributed by atoms with Gasteiger partial charge in [-0.25, -0.2) is 0 Å². The highest BCUT2D eigenvalue weighted by atomic mass is 16.7. The maximum absolute atomic E-state index is 14.2. The molecule has 13 atom stereocenters. The van der Waals surface area contributed by atoms with Crippen molar-refractivity contribution in [3.63, 3.8) is 0 Å². The lowest BCUT2D eigenvalue weighted by atomic mass is 9.45. The molecule has 7 aliphatic rings. The summed E-state index contributed by atoms with van der Waals surface area (Å²) >= 11 is 0. The van der Waals surface area contributed by atoms with Crippen LogP contribution in [0.2, 0.25) is 0 Å². The van der Waals surface area contributed by atoms with E-state index in [9.17, 15) is 14.7 Å². The number of aliphatic hydroxyl groups excluding tert-OH is 1. The Hall–Kier alpha value is -1.26. The molecular weight excluding hydrogens is 616 g/mol. The highest BCUT2D eigenvalue weighted by Gasteiger charge is 2.57. The van der Waals surface area contributed by atoms with Crippen molar-refractivity contribution in [2.45, 2.75) is 154 Å². The van der Waals surface area contributed by atoms with Crippen LogP contribution in [0.15, 0.2) is 0 Å². The predicted molar refractivity (Wildman–Crippen MR) is 192 cm³/mol. The molecule has 9 heteroatoms. The fourth-order valence-electron chi connectivity index (χ4n) is 12.0. The van der Waals surface area contributed by atoms with Crippen LogP contribution in [0.1, 0.15) is 124 Å². The van der Waals surface area contributed by atoms with Crippen LogP contribution in [0.4, 0.5) is 0 Å². The Labute approximate surface area is 296 Å². The fraction of sp³-hybridized carbons (Fsp3) is 0.950. The first-order valence-corrected chi connectivity index (χ1v) is 20.5. The second kappa shape index (κ2) is 16.2. The van der Waals surface area contributed by atoms with E-state index in [-0.39, 0.29) is 42.3 Å². The number of rotatable bonds is 12. The van der Waals surface area contributed by atoms with Crippen LogP contribution in [-0.2, 0) is 19.2 Å². The minimum Gasteiger partial charge on any atom is -0.393 e. The number of aliphatic hydroxyl groups is 1. The van der Waals surface area contributed by atoms with Crippen LogP contribution in [-0.4, -0.2) is 79.1 Å². The zero-order valence-electron chi connectivity index (χ0n) is 31.4. The Bertz CT molecular complexity index is 1110. The van der Waals surface area contributed by atoms with E-state index >= 15 is 0 Å². The molecule has 1 saturated heterocycles. The minimum atomic E-state index is -0.726. The molecule has 7 rings (SSSR count). The maximum atomic E-state index is 14.2. The van der Waals surface area contributed by atoms with Gasteiger partial charge in [-0.15, -0.1) is 0 Å². The summed E-state index contributed by atoms with van der Waals surface area (Å²) in [6, 6.07) is -0.451. The predicted octanol–water partition coefficient (Wildman–Crippen LogP) is 5.44. The van der Waals surface area contributed by atoms with Crippen molar-refractivity contribution < 1.29 is 24.3 Å². The van der Waals surface area contributed by atoms with Gasteiger partial charge in [0.25, 0.3) is 0 Å². The van der Waals surface area contributed by atoms with Gasteiger partial charge in [-0.3, -0.25) is 14.4 Å². The quantitative estimate of drug-likeness (QED) is 0.216. The summed E-state index contributed by atoms with van der Waals surface area (Å²) in [5, 5.41) is 19.6. The van der Waals surface area contributed by atoms with Crippen molar-refractivity contribution >= 4 is 11.8 Å². The highest BCUT2D eigenvalue weighted by molar-refractivity contribution is 5.83. The van der Waals surface area contributed by atoms with Gasteiger partial charge < -0.3 is 26.2 Å². The number of nitrogens with one attached hydrogen (secondary N) is 2. The van der Waals surface area contributed by atoms with Gasteiger partial charge in [-0.1, -0.05) is 72.1 Å². The molecule has 2 amide bonds. The first kappa shape index (κ1) is 37.5. The van der Waals surface area contributed by atoms with E-state index in [1.165, 1.54) is 38.5 Å². The molecule has 7 fully saturated rings. The van der Waals surface area contributed by atoms with Gasteiger partial charge in [-0.05, 0) is 92.8 Å². The number of methoxy groups -OCH3 is 1. The maximum Gasteiger partial charge on any atom is 0.240 e. The van der Waals surface area contributed by atoms with Crippen molar-refractivity contribution in [2.24, 2.45) is 64.4 Å². The molecule has 6 aliphatic carbocycles. The number of carbonyl (C=O) groups excluding carboxylic acids is 2. The molecule has 9 nitrogen and oxygen atoms in total. The number of amides is 2. The van der Waals surface area contributed by atoms with E-state index in [2.05, 4.69) is 31.4 Å². The number of nitrogens with two attached hydrogens (primary N) is 1. The number of hydroxylamine groups is 2. The molecule has 1 aliphatic heterocycles. The number of hydrogen-bond acceptors (Lipinski definition) is 7. The summed E-state index contributed by atoms with van der Waals surface area (Å²) in [5.74, 6) is 3.42. The van der Waals surface area contributed by atoms with Crippen LogP contribution >= 0.6 is 0 Å². The lowest BCUT2D eigenvalue weighted by molar-refractivity contribution is -0.186. The number of carbonyl (C=O) groups is 2. The Morgan fingerprint density at radius 1 is 1.00 bits per heavy atom. The third-order valence-electron chi connectivity index (χ3n) is 15.1. The molecule has 0 spiro atoms. The van der Waals surface area contributed by atoms with Crippen molar-refractivity contribution in [3.05, 3.63) is 0 Å². The van der Waals surface area contributed by atoms with Crippen molar-refractivity contribution in [2.75, 3.05) is 26.7 Å². The van der Waals surface area contributed by atoms with Gasteiger partial charge in [0.1, 0.15) is 6.04 Å². The number of fused-ring (bicyclic) bond motifs is 2. The fourth-order valence-corrected chi connectivity index (χ4v) is 12.0. The second-order valence-electron chi connectivity index (χ2n) is 18.1. The van der Waals surface area contributed by atoms with Gasteiger partial charge in [0.15, 0.2) is 0 Å². The van der Waals surface area contributed by atoms with E-state index in [1.807, 2.05) is 12.2 Å². The molecule has 1 heterocycles. The Kier molecular flexibility index (Phi) is 12.4. The van der Waals surface area contributed by atoms with E-state index in [1.54, 1.807) is 6.92 Å². The van der Waals surface area contributed by atoms with Crippen LogP contribution < -0.4 is 16.4 Å². The number of nitrogens with zero attached hydrogens (tertiary/aromatic N) is 1. The van der Waals surface area contributed by atoms with E-state index in [0.717, 1.165) is 70.3 Å². The largest absolute Gasteiger partial charge is 0.393 e. The lowest BCUT2D eigenvalue weighted by Crippen LogP contribution is -2.62. The average molecular weight is 687 g/mol. The first-order valence-electron chi connectivity index (χ1n) is 20.5. The molecule has 6 saturated carbocycles. The summed E-state index contributed by atoms with van der Waals surface area (Å²) in [5.41, 5.74) is 6.55. The van der Waals surface area contributed by atoms with Crippen molar-refractivity contribution in [1.82, 2.24) is 15.7 Å². The van der Waals surface area contributed by atoms with Crippen LogP contribution in [0, 0.1) is 58.7 Å². The Morgan fingerprint density at radius 2 is 1.76 bits per heavy atom. The molecular formula is C40H70N4O5. The van der Waals surface area contributed by atoms with Crippen LogP contribution in [0.25, 0.3) is 0 Å². The van der Waals surface area contributed by atoms with Crippen molar-refractivity contribution in [1.29, 1.82) is 0 Å². The van der Waals surface area contributed by atoms with Crippen LogP contribution in [0.5, 0.6) is 0 Å². The molecule has 0 aromatic heterocycles. The molecule has 0 aromatic carbocycles. The number of ether oxygens (including phenoxy) is 1. The number of hydrogen-bond donors (Lipinski definition) is 4. The second-order valence-corrected chi connectivity index (χ2v) is 18.1. The average Bonchev–Trinajstić information content (AvgIpc) is 3.48. The monoisotopic (exact) mass is 687 g/mol. The summed E-state index contributed by atoms with van der Waals surface area (Å²) in [6.45, 7) is 10.5. The molecule has 49 heavy (non-hydrogen) atoms. The first-order chi connectivity index (χ1) is 23.5. The molecule has 0 aromatic rings. The van der Waals surface area contributed by atoms with Gasteiger partial charge in [0, 0.05) is 50.5 Å². The summed E-state index contributed by atoms with van der Waals surface area (Å²) in [6.07, 6.45) is 16.4. The summed E-state index contributed by atoms with van der Waals surface area (Å²) in [7, 11) is 1.84. The topological polar surface area (TPSA) is 126 Å². The molecule has 5 N–H and O–H groups in total. The summed E-state index contributed by atoms with van der Waals surface area (Å²) < 4.78 is 6.35. The smallest absolute Gasteiger partial charge is 0.240 e. The normalized spacial score (nSPS) is 41.9. The van der Waals surface area contributed by atoms with Crippen LogP contribution in [0.3, 0.4) is 0 Å². The van der Waals surface area contributed by atoms with E-state index in [4.69, 9.17) is 15.3 Å². The third kappa shape index (κ3) is 7.91. The van der Waals surface area contributed by atoms with E-state index in [0.29, 0.717) is 41.5 Å². The van der Waals surface area contributed by atoms with Gasteiger partial charge in [0.2, 0.25) is 11.8 Å². The van der Waals surface area contributed by atoms with Gasteiger partial charge in [-0.2, -0.15) is 5.06 Å². The lowest BCUT2D eigenvalue weighted by Gasteiger charge is -2.62. The molecule has 280 valence electrons. The van der Waals surface area contributed by atoms with E-state index < -0.39 is 24.2 Å². The molecule has 6 unspecified atom stereocenters. The Morgan fingerprint density at radius 3 is 2.43 bits per heavy atom. The van der Waals surface area contributed by atoms with Crippen molar-refractivity contribution in [3.8, 4) is 0 Å². The zero-order valence-corrected chi connectivity index (χ0v) is 31.4.